The van der Waals surface area contributed by atoms with E-state index >= 15 is 0 Å². The lowest BCUT2D eigenvalue weighted by Gasteiger charge is -2.28. The highest BCUT2D eigenvalue weighted by Gasteiger charge is 2.22. The quantitative estimate of drug-likeness (QED) is 0.229. The number of amides is 1. The first-order valence-corrected chi connectivity index (χ1v) is 10.2. The largest absolute Gasteiger partial charge is 0.493 e. The number of carbonyl (C=O) groups excluding carboxylic acids is 1. The van der Waals surface area contributed by atoms with Crippen LogP contribution in [0.3, 0.4) is 0 Å². The van der Waals surface area contributed by atoms with E-state index in [4.69, 9.17) is 9.47 Å². The molecule has 1 aromatic rings. The summed E-state index contributed by atoms with van der Waals surface area (Å²) in [4.78, 5) is 18.0. The lowest BCUT2D eigenvalue weighted by Crippen LogP contribution is -2.42. The van der Waals surface area contributed by atoms with Crippen molar-refractivity contribution >= 4 is 35.8 Å². The molecule has 29 heavy (non-hydrogen) atoms. The van der Waals surface area contributed by atoms with E-state index in [2.05, 4.69) is 21.7 Å². The fourth-order valence-electron chi connectivity index (χ4n) is 3.01. The Kier molecular flexibility index (Phi) is 9.99. The van der Waals surface area contributed by atoms with Crippen LogP contribution >= 0.6 is 24.0 Å². The second kappa shape index (κ2) is 12.2. The minimum absolute atomic E-state index is 0. The van der Waals surface area contributed by atoms with Crippen LogP contribution in [0.5, 0.6) is 5.75 Å². The van der Waals surface area contributed by atoms with Crippen molar-refractivity contribution in [2.24, 2.45) is 10.9 Å². The van der Waals surface area contributed by atoms with Gasteiger partial charge in [0.15, 0.2) is 5.96 Å². The predicted octanol–water partition coefficient (Wildman–Crippen LogP) is 2.57. The van der Waals surface area contributed by atoms with Gasteiger partial charge in [0.25, 0.3) is 0 Å². The third kappa shape index (κ3) is 8.00. The van der Waals surface area contributed by atoms with Gasteiger partial charge < -0.3 is 25.0 Å². The van der Waals surface area contributed by atoms with E-state index in [1.165, 1.54) is 12.8 Å². The number of nitrogens with zero attached hydrogens (tertiary/aromatic N) is 2. The first-order valence-electron chi connectivity index (χ1n) is 10.2. The lowest BCUT2D eigenvalue weighted by atomic mass is 10.0. The number of hydrogen-bond donors (Lipinski definition) is 2. The van der Waals surface area contributed by atoms with Gasteiger partial charge in [-0.3, -0.25) is 4.79 Å². The van der Waals surface area contributed by atoms with Crippen LogP contribution in [0.2, 0.25) is 0 Å². The number of halogens is 1. The Balaban J connectivity index is 0.00000300. The average molecular weight is 516 g/mol. The van der Waals surface area contributed by atoms with Crippen molar-refractivity contribution in [1.29, 1.82) is 0 Å². The number of guanidine groups is 1. The van der Waals surface area contributed by atoms with E-state index < -0.39 is 0 Å². The Morgan fingerprint density at radius 3 is 2.83 bits per heavy atom. The Morgan fingerprint density at radius 2 is 2.07 bits per heavy atom. The van der Waals surface area contributed by atoms with Gasteiger partial charge in [-0.2, -0.15) is 0 Å². The number of carbonyl (C=O) groups is 1. The van der Waals surface area contributed by atoms with Crippen LogP contribution in [0.4, 0.5) is 0 Å². The first-order chi connectivity index (χ1) is 13.6. The fraction of sp³-hybridized carbons (Fsp3) is 0.619. The lowest BCUT2D eigenvalue weighted by molar-refractivity contribution is -0.127. The van der Waals surface area contributed by atoms with Gasteiger partial charge in [-0.25, -0.2) is 4.99 Å². The number of hydrogen-bond acceptors (Lipinski definition) is 4. The van der Waals surface area contributed by atoms with Crippen LogP contribution in [0.25, 0.3) is 0 Å². The Labute approximate surface area is 190 Å². The zero-order valence-corrected chi connectivity index (χ0v) is 19.7. The van der Waals surface area contributed by atoms with Crippen LogP contribution in [0, 0.1) is 5.92 Å². The van der Waals surface area contributed by atoms with Crippen LogP contribution in [0.15, 0.2) is 29.3 Å². The summed E-state index contributed by atoms with van der Waals surface area (Å²) in [5.74, 6) is 2.32. The van der Waals surface area contributed by atoms with E-state index in [0.29, 0.717) is 12.6 Å². The van der Waals surface area contributed by atoms with Crippen LogP contribution in [0.1, 0.15) is 37.3 Å². The molecule has 0 spiro atoms. The van der Waals surface area contributed by atoms with E-state index in [0.717, 1.165) is 49.8 Å². The van der Waals surface area contributed by atoms with E-state index in [1.807, 2.05) is 18.2 Å². The Hall–Kier alpha value is -1.55. The zero-order chi connectivity index (χ0) is 19.8. The van der Waals surface area contributed by atoms with Gasteiger partial charge in [0.2, 0.25) is 5.91 Å². The van der Waals surface area contributed by atoms with Crippen LogP contribution in [-0.4, -0.2) is 63.8 Å². The molecule has 3 rings (SSSR count). The predicted molar refractivity (Wildman–Crippen MR) is 125 cm³/mol. The fourth-order valence-corrected chi connectivity index (χ4v) is 3.01. The smallest absolute Gasteiger partial charge is 0.243 e. The molecular formula is C21H33IN4O3. The summed E-state index contributed by atoms with van der Waals surface area (Å²) in [5.41, 5.74) is 1.12. The van der Waals surface area contributed by atoms with E-state index in [1.54, 1.807) is 19.0 Å². The van der Waals surface area contributed by atoms with Crippen molar-refractivity contribution in [3.05, 3.63) is 29.8 Å². The number of likely N-dealkylation sites (N-methyl/N-ethyl adjacent to an activating group) is 1. The maximum atomic E-state index is 11.9. The molecule has 7 nitrogen and oxygen atoms in total. The van der Waals surface area contributed by atoms with Gasteiger partial charge in [0.1, 0.15) is 12.3 Å². The topological polar surface area (TPSA) is 75.2 Å². The van der Waals surface area contributed by atoms with E-state index in [-0.39, 0.29) is 42.5 Å². The highest BCUT2D eigenvalue weighted by atomic mass is 127. The van der Waals surface area contributed by atoms with Gasteiger partial charge in [0.05, 0.1) is 12.6 Å². The van der Waals surface area contributed by atoms with Gasteiger partial charge in [-0.05, 0) is 31.2 Å². The standard InChI is InChI=1S/C21H32N4O3.HI/c1-25(2)20(26)14-23-21(22-11-5-12-27-15-16-8-9-16)24-18-10-13-28-19-7-4-3-6-17(18)19;/h3-4,6-7,16,18H,5,8-15H2,1-2H3,(H2,22,23,24);1H. The van der Waals surface area contributed by atoms with Crippen molar-refractivity contribution in [3.8, 4) is 5.75 Å². The minimum Gasteiger partial charge on any atom is -0.493 e. The number of ether oxygens (including phenoxy) is 2. The summed E-state index contributed by atoms with van der Waals surface area (Å²) in [6.07, 6.45) is 4.38. The molecule has 2 N–H and O–H groups in total. The summed E-state index contributed by atoms with van der Waals surface area (Å²) < 4.78 is 11.4. The second-order valence-electron chi connectivity index (χ2n) is 7.62. The normalized spacial score (nSPS) is 18.1. The van der Waals surface area contributed by atoms with Crippen LogP contribution < -0.4 is 15.4 Å². The molecular weight excluding hydrogens is 483 g/mol. The maximum Gasteiger partial charge on any atom is 0.243 e. The summed E-state index contributed by atoms with van der Waals surface area (Å²) >= 11 is 0. The average Bonchev–Trinajstić information content (AvgIpc) is 3.52. The van der Waals surface area contributed by atoms with Crippen molar-refractivity contribution in [2.75, 3.05) is 47.0 Å². The number of para-hydroxylation sites is 1. The maximum absolute atomic E-state index is 11.9. The number of benzene rings is 1. The highest BCUT2D eigenvalue weighted by Crippen LogP contribution is 2.31. The SMILES string of the molecule is CN(C)C(=O)CN=C(NCCCOCC1CC1)NC1CCOc2ccccc21.I. The van der Waals surface area contributed by atoms with Crippen LogP contribution in [-0.2, 0) is 9.53 Å². The molecule has 1 aromatic carbocycles. The number of rotatable bonds is 9. The molecule has 1 unspecified atom stereocenters. The summed E-state index contributed by atoms with van der Waals surface area (Å²) in [5, 5.41) is 6.82. The molecule has 8 heteroatoms. The van der Waals surface area contributed by atoms with Gasteiger partial charge in [0, 0.05) is 45.8 Å². The van der Waals surface area contributed by atoms with Gasteiger partial charge >= 0.3 is 0 Å². The van der Waals surface area contributed by atoms with Crippen molar-refractivity contribution in [2.45, 2.75) is 31.7 Å². The van der Waals surface area contributed by atoms with Crippen molar-refractivity contribution < 1.29 is 14.3 Å². The monoisotopic (exact) mass is 516 g/mol. The molecule has 0 saturated heterocycles. The molecule has 1 atom stereocenters. The molecule has 1 aliphatic carbocycles. The molecule has 1 aliphatic heterocycles. The van der Waals surface area contributed by atoms with E-state index in [9.17, 15) is 4.79 Å². The molecule has 0 radical (unpaired) electrons. The third-order valence-corrected chi connectivity index (χ3v) is 4.95. The van der Waals surface area contributed by atoms with Crippen molar-refractivity contribution in [1.82, 2.24) is 15.5 Å². The summed E-state index contributed by atoms with van der Waals surface area (Å²) in [6, 6.07) is 8.16. The zero-order valence-electron chi connectivity index (χ0n) is 17.4. The Morgan fingerprint density at radius 1 is 1.28 bits per heavy atom. The van der Waals surface area contributed by atoms with Crippen molar-refractivity contribution in [3.63, 3.8) is 0 Å². The molecule has 1 fully saturated rings. The summed E-state index contributed by atoms with van der Waals surface area (Å²) in [7, 11) is 3.48. The third-order valence-electron chi connectivity index (χ3n) is 4.95. The first kappa shape index (κ1) is 23.7. The molecule has 0 aromatic heterocycles. The number of aliphatic imine (C=N–C) groups is 1. The molecule has 1 saturated carbocycles. The summed E-state index contributed by atoms with van der Waals surface area (Å²) in [6.45, 7) is 3.15. The minimum atomic E-state index is -0.0266. The highest BCUT2D eigenvalue weighted by molar-refractivity contribution is 14.0. The molecule has 162 valence electrons. The number of fused-ring (bicyclic) bond motifs is 1. The second-order valence-corrected chi connectivity index (χ2v) is 7.62. The molecule has 0 bridgehead atoms. The molecule has 1 amide bonds. The molecule has 1 heterocycles. The molecule has 2 aliphatic rings. The Bertz CT molecular complexity index is 680. The van der Waals surface area contributed by atoms with Gasteiger partial charge in [-0.15, -0.1) is 24.0 Å². The number of nitrogens with one attached hydrogen (secondary N) is 2. The van der Waals surface area contributed by atoms with Gasteiger partial charge in [-0.1, -0.05) is 18.2 Å².